The number of carboxylic acid groups (broad SMARTS) is 1. The summed E-state index contributed by atoms with van der Waals surface area (Å²) in [6.45, 7) is 7.95. The number of carbonyl (C=O) groups is 3. The molecule has 2 atom stereocenters. The minimum atomic E-state index is -0.988. The van der Waals surface area contributed by atoms with Crippen LogP contribution in [0.2, 0.25) is 0 Å². The quantitative estimate of drug-likeness (QED) is 0.222. The van der Waals surface area contributed by atoms with Crippen LogP contribution in [0.1, 0.15) is 66.2 Å². The normalized spacial score (nSPS) is 20.4. The Morgan fingerprint density at radius 2 is 2.03 bits per heavy atom. The average molecular weight is 472 g/mol. The van der Waals surface area contributed by atoms with Crippen molar-refractivity contribution in [2.24, 2.45) is 5.92 Å². The molecule has 2 unspecified atom stereocenters. The van der Waals surface area contributed by atoms with Gasteiger partial charge in [-0.15, -0.1) is 0 Å². The smallest absolute Gasteiger partial charge is 0.338 e. The Kier molecular flexibility index (Phi) is 10.4. The van der Waals surface area contributed by atoms with E-state index in [0.717, 1.165) is 31.3 Å². The molecule has 0 aromatic carbocycles. The molecule has 2 rings (SSSR count). The molecule has 7 heteroatoms. The molecule has 2 aliphatic rings. The summed E-state index contributed by atoms with van der Waals surface area (Å²) in [5.74, 6) is -1.13. The molecule has 2 N–H and O–H groups in total. The Balaban J connectivity index is 1.66. The van der Waals surface area contributed by atoms with Crippen molar-refractivity contribution in [2.45, 2.75) is 72.3 Å². The summed E-state index contributed by atoms with van der Waals surface area (Å²) in [4.78, 5) is 35.8. The van der Waals surface area contributed by atoms with E-state index >= 15 is 0 Å². The molecule has 0 bridgehead atoms. The van der Waals surface area contributed by atoms with Crippen molar-refractivity contribution in [1.82, 2.24) is 4.90 Å². The molecule has 1 amide bonds. The molecule has 7 nitrogen and oxygen atoms in total. The lowest BCUT2D eigenvalue weighted by Gasteiger charge is -2.13. The van der Waals surface area contributed by atoms with Crippen LogP contribution in [0.4, 0.5) is 0 Å². The summed E-state index contributed by atoms with van der Waals surface area (Å²) < 4.78 is 5.18. The first-order chi connectivity index (χ1) is 16.1. The highest BCUT2D eigenvalue weighted by Gasteiger charge is 2.31. The van der Waals surface area contributed by atoms with E-state index in [2.05, 4.69) is 38.2 Å². The van der Waals surface area contributed by atoms with Crippen molar-refractivity contribution in [3.05, 3.63) is 58.4 Å². The largest absolute Gasteiger partial charge is 0.508 e. The van der Waals surface area contributed by atoms with E-state index in [1.54, 1.807) is 6.92 Å². The third-order valence-corrected chi connectivity index (χ3v) is 6.15. The number of nitrogens with zero attached hydrogens (tertiary/aromatic N) is 1. The van der Waals surface area contributed by atoms with Gasteiger partial charge in [-0.1, -0.05) is 48.5 Å². The molecule has 0 aromatic heterocycles. The highest BCUT2D eigenvalue weighted by Crippen LogP contribution is 2.25. The van der Waals surface area contributed by atoms with Gasteiger partial charge in [-0.25, -0.2) is 4.79 Å². The SMILES string of the molecule is CC1=C(O)C(C/C(C)=C\CCC(C)/C=C/C=C(\C)CCCC2=CCN(CC(=O)O)C2=O)OC1=O. The maximum absolute atomic E-state index is 12.2. The lowest BCUT2D eigenvalue weighted by Crippen LogP contribution is -2.32. The van der Waals surface area contributed by atoms with E-state index in [1.165, 1.54) is 10.5 Å². The molecule has 0 aliphatic carbocycles. The van der Waals surface area contributed by atoms with Crippen molar-refractivity contribution in [2.75, 3.05) is 13.1 Å². The third-order valence-electron chi connectivity index (χ3n) is 6.15. The molecule has 34 heavy (non-hydrogen) atoms. The second-order valence-electron chi connectivity index (χ2n) is 9.27. The maximum Gasteiger partial charge on any atom is 0.338 e. The van der Waals surface area contributed by atoms with Crippen molar-refractivity contribution in [1.29, 1.82) is 0 Å². The molecule has 0 saturated heterocycles. The van der Waals surface area contributed by atoms with Gasteiger partial charge in [0.2, 0.25) is 5.91 Å². The van der Waals surface area contributed by atoms with Gasteiger partial charge in [0.15, 0.2) is 6.10 Å². The molecule has 186 valence electrons. The fraction of sp³-hybridized carbons (Fsp3) is 0.519. The number of aliphatic carboxylic acids is 1. The number of esters is 1. The van der Waals surface area contributed by atoms with E-state index < -0.39 is 18.0 Å². The first-order valence-corrected chi connectivity index (χ1v) is 11.9. The molecular formula is C27H37NO6. The van der Waals surface area contributed by atoms with E-state index in [-0.39, 0.29) is 18.2 Å². The highest BCUT2D eigenvalue weighted by atomic mass is 16.6. The number of carbonyl (C=O) groups excluding carboxylic acids is 2. The Morgan fingerprint density at radius 3 is 2.68 bits per heavy atom. The monoisotopic (exact) mass is 471 g/mol. The van der Waals surface area contributed by atoms with E-state index in [9.17, 15) is 19.5 Å². The van der Waals surface area contributed by atoms with E-state index in [4.69, 9.17) is 9.84 Å². The molecule has 0 radical (unpaired) electrons. The Labute approximate surface area is 202 Å². The zero-order chi connectivity index (χ0) is 25.3. The van der Waals surface area contributed by atoms with Crippen LogP contribution in [0.15, 0.2) is 58.4 Å². The van der Waals surface area contributed by atoms with Gasteiger partial charge in [-0.05, 0) is 58.8 Å². The van der Waals surface area contributed by atoms with Crippen LogP contribution >= 0.6 is 0 Å². The number of cyclic esters (lactones) is 1. The summed E-state index contributed by atoms with van der Waals surface area (Å²) in [5, 5.41) is 18.8. The highest BCUT2D eigenvalue weighted by molar-refractivity contribution is 5.97. The second-order valence-corrected chi connectivity index (χ2v) is 9.27. The van der Waals surface area contributed by atoms with Gasteiger partial charge in [0.05, 0.1) is 5.57 Å². The van der Waals surface area contributed by atoms with Gasteiger partial charge in [0.1, 0.15) is 12.3 Å². The predicted molar refractivity (Wildman–Crippen MR) is 131 cm³/mol. The van der Waals surface area contributed by atoms with Gasteiger partial charge in [-0.2, -0.15) is 0 Å². The number of hydrogen-bond donors (Lipinski definition) is 2. The number of carboxylic acids is 1. The van der Waals surface area contributed by atoms with Gasteiger partial charge >= 0.3 is 11.9 Å². The van der Waals surface area contributed by atoms with Gasteiger partial charge in [0.25, 0.3) is 0 Å². The van der Waals surface area contributed by atoms with Crippen LogP contribution in [0, 0.1) is 5.92 Å². The molecular weight excluding hydrogens is 434 g/mol. The number of hydrogen-bond acceptors (Lipinski definition) is 5. The number of amides is 1. The van der Waals surface area contributed by atoms with Crippen molar-refractivity contribution < 1.29 is 29.3 Å². The van der Waals surface area contributed by atoms with E-state index in [1.807, 2.05) is 13.0 Å². The third kappa shape index (κ3) is 8.36. The summed E-state index contributed by atoms with van der Waals surface area (Å²) in [6.07, 6.45) is 14.6. The Bertz CT molecular complexity index is 937. The number of aliphatic hydroxyl groups excluding tert-OH is 1. The summed E-state index contributed by atoms with van der Waals surface area (Å²) in [5.41, 5.74) is 3.34. The summed E-state index contributed by atoms with van der Waals surface area (Å²) >= 11 is 0. The Morgan fingerprint density at radius 1 is 1.29 bits per heavy atom. The second kappa shape index (κ2) is 13.0. The number of ether oxygens (including phenoxy) is 1. The van der Waals surface area contributed by atoms with Gasteiger partial charge < -0.3 is 19.8 Å². The van der Waals surface area contributed by atoms with Crippen LogP contribution in [0.3, 0.4) is 0 Å². The van der Waals surface area contributed by atoms with Crippen LogP contribution in [-0.4, -0.2) is 52.2 Å². The van der Waals surface area contributed by atoms with Crippen molar-refractivity contribution >= 4 is 17.8 Å². The molecule has 0 fully saturated rings. The molecule has 2 heterocycles. The molecule has 2 aliphatic heterocycles. The van der Waals surface area contributed by atoms with Crippen LogP contribution in [0.5, 0.6) is 0 Å². The van der Waals surface area contributed by atoms with Gasteiger partial charge in [-0.3, -0.25) is 9.59 Å². The zero-order valence-corrected chi connectivity index (χ0v) is 20.7. The molecule has 0 saturated carbocycles. The fourth-order valence-electron chi connectivity index (χ4n) is 3.98. The van der Waals surface area contributed by atoms with Crippen LogP contribution in [0.25, 0.3) is 0 Å². The fourth-order valence-corrected chi connectivity index (χ4v) is 3.98. The first-order valence-electron chi connectivity index (χ1n) is 11.9. The van der Waals surface area contributed by atoms with Crippen LogP contribution in [-0.2, 0) is 19.1 Å². The number of rotatable bonds is 13. The molecule has 0 aromatic rings. The average Bonchev–Trinajstić information content (AvgIpc) is 3.21. The van der Waals surface area contributed by atoms with Crippen LogP contribution < -0.4 is 0 Å². The van der Waals surface area contributed by atoms with Crippen molar-refractivity contribution in [3.63, 3.8) is 0 Å². The lowest BCUT2D eigenvalue weighted by molar-refractivity contribution is -0.142. The summed E-state index contributed by atoms with van der Waals surface area (Å²) in [6, 6.07) is 0. The maximum atomic E-state index is 12.2. The summed E-state index contributed by atoms with van der Waals surface area (Å²) in [7, 11) is 0. The van der Waals surface area contributed by atoms with Crippen molar-refractivity contribution in [3.8, 4) is 0 Å². The van der Waals surface area contributed by atoms with E-state index in [0.29, 0.717) is 36.5 Å². The number of allylic oxidation sites excluding steroid dienone is 5. The predicted octanol–water partition coefficient (Wildman–Crippen LogP) is 5.02. The lowest BCUT2D eigenvalue weighted by atomic mass is 10.0. The minimum absolute atomic E-state index is 0.0444. The standard InChI is InChI=1S/C27H37NO6/c1-18(10-6-12-20(3)16-23-25(31)21(4)27(33)34-23)8-5-9-19(2)11-7-13-22-14-15-28(26(22)32)17-24(29)30/h5,8-9,12,14,18,23,31H,6-7,10-11,13,15-17H2,1-4H3,(H,29,30)/b8-5+,19-9+,20-12-. The molecule has 0 spiro atoms. The van der Waals surface area contributed by atoms with Gasteiger partial charge in [0, 0.05) is 18.5 Å². The number of aliphatic hydroxyl groups is 1. The zero-order valence-electron chi connectivity index (χ0n) is 20.7. The minimum Gasteiger partial charge on any atom is -0.508 e. The first kappa shape index (κ1) is 27.2. The Hall–Kier alpha value is -3.09. The topological polar surface area (TPSA) is 104 Å².